The molecule has 2 atom stereocenters. The summed E-state index contributed by atoms with van der Waals surface area (Å²) in [6.45, 7) is 7.06. The van der Waals surface area contributed by atoms with Gasteiger partial charge in [-0.25, -0.2) is 0 Å². The molecule has 120 valence electrons. The standard InChI is InChI=1S/C17H31N3O/c1-3-16(4-2)9-10-20(12-16)14-7-8-17(11-14,15(18)21)19-13-5-6-13/h13-14,19H,3-12H2,1-2H3,(H2,18,21). The van der Waals surface area contributed by atoms with Gasteiger partial charge in [0.2, 0.25) is 5.91 Å². The fourth-order valence-corrected chi connectivity index (χ4v) is 4.48. The smallest absolute Gasteiger partial charge is 0.237 e. The molecular weight excluding hydrogens is 262 g/mol. The third-order valence-corrected chi connectivity index (χ3v) is 6.50. The zero-order valence-electron chi connectivity index (χ0n) is 13.7. The Morgan fingerprint density at radius 3 is 2.48 bits per heavy atom. The highest BCUT2D eigenvalue weighted by Gasteiger charge is 2.49. The average molecular weight is 293 g/mol. The van der Waals surface area contributed by atoms with Gasteiger partial charge in [-0.3, -0.25) is 9.69 Å². The fourth-order valence-electron chi connectivity index (χ4n) is 4.48. The Hall–Kier alpha value is -0.610. The molecule has 2 saturated carbocycles. The summed E-state index contributed by atoms with van der Waals surface area (Å²) >= 11 is 0. The van der Waals surface area contributed by atoms with Crippen molar-refractivity contribution in [1.29, 1.82) is 0 Å². The Kier molecular flexibility index (Phi) is 4.04. The second kappa shape index (κ2) is 5.54. The molecule has 0 aromatic carbocycles. The zero-order valence-corrected chi connectivity index (χ0v) is 13.7. The Labute approximate surface area is 128 Å². The van der Waals surface area contributed by atoms with Crippen LogP contribution in [-0.2, 0) is 4.79 Å². The van der Waals surface area contributed by atoms with Crippen LogP contribution in [0.5, 0.6) is 0 Å². The molecule has 0 aromatic heterocycles. The van der Waals surface area contributed by atoms with E-state index in [9.17, 15) is 4.79 Å². The summed E-state index contributed by atoms with van der Waals surface area (Å²) in [6, 6.07) is 1.09. The summed E-state index contributed by atoms with van der Waals surface area (Å²) in [5.41, 5.74) is 5.85. The fraction of sp³-hybridized carbons (Fsp3) is 0.941. The first-order chi connectivity index (χ1) is 10.0. The minimum Gasteiger partial charge on any atom is -0.368 e. The average Bonchev–Trinajstić information content (AvgIpc) is 3.03. The number of hydrogen-bond donors (Lipinski definition) is 2. The third-order valence-electron chi connectivity index (χ3n) is 6.50. The van der Waals surface area contributed by atoms with Gasteiger partial charge in [0.15, 0.2) is 0 Å². The van der Waals surface area contributed by atoms with Crippen LogP contribution in [0.4, 0.5) is 0 Å². The van der Waals surface area contributed by atoms with E-state index in [-0.39, 0.29) is 5.91 Å². The topological polar surface area (TPSA) is 58.4 Å². The van der Waals surface area contributed by atoms with Crippen molar-refractivity contribution in [3.05, 3.63) is 0 Å². The van der Waals surface area contributed by atoms with Crippen LogP contribution in [-0.4, -0.2) is 41.5 Å². The number of carbonyl (C=O) groups excluding carboxylic acids is 1. The highest BCUT2D eigenvalue weighted by Crippen LogP contribution is 2.42. The predicted molar refractivity (Wildman–Crippen MR) is 84.9 cm³/mol. The molecule has 1 aliphatic heterocycles. The van der Waals surface area contributed by atoms with Gasteiger partial charge in [0, 0.05) is 18.6 Å². The molecule has 0 radical (unpaired) electrons. The highest BCUT2D eigenvalue weighted by molar-refractivity contribution is 5.85. The van der Waals surface area contributed by atoms with Crippen LogP contribution in [0, 0.1) is 5.41 Å². The van der Waals surface area contributed by atoms with Gasteiger partial charge in [0.1, 0.15) is 0 Å². The van der Waals surface area contributed by atoms with E-state index in [4.69, 9.17) is 5.73 Å². The van der Waals surface area contributed by atoms with E-state index in [1.807, 2.05) is 0 Å². The van der Waals surface area contributed by atoms with Crippen molar-refractivity contribution in [2.45, 2.75) is 82.8 Å². The first-order valence-electron chi connectivity index (χ1n) is 8.84. The van der Waals surface area contributed by atoms with E-state index in [0.717, 1.165) is 19.3 Å². The minimum atomic E-state index is -0.421. The van der Waals surface area contributed by atoms with Gasteiger partial charge in [-0.2, -0.15) is 0 Å². The second-order valence-electron chi connectivity index (χ2n) is 7.69. The number of nitrogens with two attached hydrogens (primary N) is 1. The lowest BCUT2D eigenvalue weighted by Crippen LogP contribution is -2.55. The van der Waals surface area contributed by atoms with Gasteiger partial charge in [0.25, 0.3) is 0 Å². The minimum absolute atomic E-state index is 0.131. The maximum absolute atomic E-state index is 12.0. The molecule has 4 nitrogen and oxygen atoms in total. The normalized spacial score (nSPS) is 36.2. The third kappa shape index (κ3) is 2.85. The molecule has 3 rings (SSSR count). The van der Waals surface area contributed by atoms with Crippen LogP contribution >= 0.6 is 0 Å². The molecule has 1 heterocycles. The van der Waals surface area contributed by atoms with Gasteiger partial charge in [-0.05, 0) is 63.3 Å². The van der Waals surface area contributed by atoms with Crippen molar-refractivity contribution in [2.75, 3.05) is 13.1 Å². The number of nitrogens with one attached hydrogen (secondary N) is 1. The second-order valence-corrected chi connectivity index (χ2v) is 7.69. The van der Waals surface area contributed by atoms with Crippen molar-refractivity contribution in [3.8, 4) is 0 Å². The Morgan fingerprint density at radius 1 is 1.24 bits per heavy atom. The first kappa shape index (κ1) is 15.3. The van der Waals surface area contributed by atoms with Crippen LogP contribution in [0.25, 0.3) is 0 Å². The van der Waals surface area contributed by atoms with Crippen molar-refractivity contribution >= 4 is 5.91 Å². The SMILES string of the molecule is CCC1(CC)CCN(C2CCC(NC3CC3)(C(N)=O)C2)C1. The zero-order chi connectivity index (χ0) is 15.1. The van der Waals surface area contributed by atoms with E-state index in [2.05, 4.69) is 24.1 Å². The molecule has 21 heavy (non-hydrogen) atoms. The van der Waals surface area contributed by atoms with Crippen LogP contribution in [0.15, 0.2) is 0 Å². The number of hydrogen-bond acceptors (Lipinski definition) is 3. The lowest BCUT2D eigenvalue weighted by atomic mass is 9.82. The van der Waals surface area contributed by atoms with Gasteiger partial charge >= 0.3 is 0 Å². The van der Waals surface area contributed by atoms with E-state index in [1.54, 1.807) is 0 Å². The van der Waals surface area contributed by atoms with Gasteiger partial charge in [0.05, 0.1) is 5.54 Å². The molecule has 0 spiro atoms. The number of carbonyl (C=O) groups is 1. The molecule has 2 unspecified atom stereocenters. The summed E-state index contributed by atoms with van der Waals surface area (Å²) in [4.78, 5) is 14.7. The van der Waals surface area contributed by atoms with Crippen molar-refractivity contribution < 1.29 is 4.79 Å². The Balaban J connectivity index is 1.64. The maximum Gasteiger partial charge on any atom is 0.237 e. The maximum atomic E-state index is 12.0. The number of nitrogens with zero attached hydrogens (tertiary/aromatic N) is 1. The predicted octanol–water partition coefficient (Wildman–Crippen LogP) is 2.03. The van der Waals surface area contributed by atoms with Crippen molar-refractivity contribution in [2.24, 2.45) is 11.1 Å². The van der Waals surface area contributed by atoms with Crippen molar-refractivity contribution in [3.63, 3.8) is 0 Å². The summed E-state index contributed by atoms with van der Waals surface area (Å²) in [5.74, 6) is -0.131. The molecule has 3 aliphatic rings. The quantitative estimate of drug-likeness (QED) is 0.788. The molecule has 1 amide bonds. The lowest BCUT2D eigenvalue weighted by Gasteiger charge is -2.31. The van der Waals surface area contributed by atoms with Crippen LogP contribution < -0.4 is 11.1 Å². The summed E-state index contributed by atoms with van der Waals surface area (Å²) < 4.78 is 0. The number of likely N-dealkylation sites (tertiary alicyclic amines) is 1. The molecule has 3 N–H and O–H groups in total. The first-order valence-corrected chi connectivity index (χ1v) is 8.84. The van der Waals surface area contributed by atoms with Gasteiger partial charge in [-0.15, -0.1) is 0 Å². The monoisotopic (exact) mass is 293 g/mol. The van der Waals surface area contributed by atoms with E-state index in [1.165, 1.54) is 45.2 Å². The highest BCUT2D eigenvalue weighted by atomic mass is 16.1. The van der Waals surface area contributed by atoms with Crippen LogP contribution in [0.1, 0.15) is 65.2 Å². The van der Waals surface area contributed by atoms with Gasteiger partial charge in [-0.1, -0.05) is 13.8 Å². The molecule has 4 heteroatoms. The Bertz CT molecular complexity index is 403. The number of primary amides is 1. The number of rotatable bonds is 6. The molecule has 0 bridgehead atoms. The number of amides is 1. The molecule has 0 aromatic rings. The van der Waals surface area contributed by atoms with Crippen LogP contribution in [0.3, 0.4) is 0 Å². The Morgan fingerprint density at radius 2 is 1.95 bits per heavy atom. The van der Waals surface area contributed by atoms with Gasteiger partial charge < -0.3 is 11.1 Å². The van der Waals surface area contributed by atoms with Crippen LogP contribution in [0.2, 0.25) is 0 Å². The molecule has 1 saturated heterocycles. The van der Waals surface area contributed by atoms with Crippen molar-refractivity contribution in [1.82, 2.24) is 10.2 Å². The lowest BCUT2D eigenvalue weighted by molar-refractivity contribution is -0.124. The largest absolute Gasteiger partial charge is 0.368 e. The van der Waals surface area contributed by atoms with E-state index < -0.39 is 5.54 Å². The van der Waals surface area contributed by atoms with E-state index >= 15 is 0 Å². The summed E-state index contributed by atoms with van der Waals surface area (Å²) in [6.07, 6.45) is 9.23. The molecule has 3 fully saturated rings. The molecule has 2 aliphatic carbocycles. The summed E-state index contributed by atoms with van der Waals surface area (Å²) in [5, 5.41) is 3.57. The molecular formula is C17H31N3O. The van der Waals surface area contributed by atoms with E-state index in [0.29, 0.717) is 17.5 Å². The summed E-state index contributed by atoms with van der Waals surface area (Å²) in [7, 11) is 0.